The van der Waals surface area contributed by atoms with Crippen LogP contribution >= 0.6 is 11.6 Å². The zero-order chi connectivity index (χ0) is 32.0. The Morgan fingerprint density at radius 2 is 1.80 bits per heavy atom. The first-order chi connectivity index (χ1) is 20.9. The number of carbonyl (C=O) groups excluding carboxylic acids is 2. The number of nitrogens with zero attached hydrogens (tertiary/aromatic N) is 1. The summed E-state index contributed by atoms with van der Waals surface area (Å²) < 4.78 is 12.2. The molecule has 0 spiro atoms. The number of hydrogen-bond acceptors (Lipinski definition) is 6. The van der Waals surface area contributed by atoms with Gasteiger partial charge in [0.15, 0.2) is 0 Å². The number of rotatable bonds is 12. The SMILES string of the molecule is Cc1cccc([C@H]2O[C@H](CC(=O)NCCCOc3cccc(C(=O)O)c3)C(=O)N(CC(C)(C)CO)c3ccc(Cl)cc32)c1C.[Ac]. The van der Waals surface area contributed by atoms with E-state index in [0.717, 1.165) is 16.7 Å². The topological polar surface area (TPSA) is 125 Å². The average Bonchev–Trinajstić information content (AvgIpc) is 3.09. The molecule has 0 saturated heterocycles. The molecule has 1 heterocycles. The average molecular weight is 850 g/mol. The second kappa shape index (κ2) is 16.4. The molecule has 3 aromatic rings. The van der Waals surface area contributed by atoms with Crippen LogP contribution in [0.1, 0.15) is 65.4 Å². The van der Waals surface area contributed by atoms with Crippen LogP contribution in [-0.4, -0.2) is 60.4 Å². The van der Waals surface area contributed by atoms with E-state index < -0.39 is 23.6 Å². The summed E-state index contributed by atoms with van der Waals surface area (Å²) >= 11 is 6.46. The van der Waals surface area contributed by atoms with Crippen LogP contribution in [0.5, 0.6) is 5.75 Å². The Morgan fingerprint density at radius 1 is 1.07 bits per heavy atom. The molecule has 0 fully saturated rings. The predicted molar refractivity (Wildman–Crippen MR) is 168 cm³/mol. The summed E-state index contributed by atoms with van der Waals surface area (Å²) in [6.07, 6.45) is -1.51. The van der Waals surface area contributed by atoms with Gasteiger partial charge in [-0.15, -0.1) is 0 Å². The van der Waals surface area contributed by atoms with Crippen molar-refractivity contribution in [3.8, 4) is 5.75 Å². The number of fused-ring (bicyclic) bond motifs is 1. The fraction of sp³-hybridized carbons (Fsp3) is 0.382. The molecule has 3 aromatic carbocycles. The third-order valence-electron chi connectivity index (χ3n) is 7.71. The van der Waals surface area contributed by atoms with Gasteiger partial charge in [-0.3, -0.25) is 9.59 Å². The van der Waals surface area contributed by atoms with Crippen molar-refractivity contribution >= 4 is 35.1 Å². The van der Waals surface area contributed by atoms with Crippen molar-refractivity contribution in [2.75, 3.05) is 31.2 Å². The Hall–Kier alpha value is -2.48. The van der Waals surface area contributed by atoms with Gasteiger partial charge in [-0.05, 0) is 73.4 Å². The summed E-state index contributed by atoms with van der Waals surface area (Å²) in [5, 5.41) is 22.5. The first kappa shape index (κ1) is 37.0. The van der Waals surface area contributed by atoms with Gasteiger partial charge < -0.3 is 29.9 Å². The van der Waals surface area contributed by atoms with Gasteiger partial charge >= 0.3 is 5.97 Å². The molecular weight excluding hydrogens is 811 g/mol. The van der Waals surface area contributed by atoms with Gasteiger partial charge in [0.2, 0.25) is 5.91 Å². The first-order valence-electron chi connectivity index (χ1n) is 14.6. The van der Waals surface area contributed by atoms with E-state index in [1.807, 2.05) is 45.9 Å². The molecule has 0 aliphatic carbocycles. The van der Waals surface area contributed by atoms with Crippen molar-refractivity contribution in [1.82, 2.24) is 5.32 Å². The molecule has 0 saturated carbocycles. The third-order valence-corrected chi connectivity index (χ3v) is 7.95. The number of hydrogen-bond donors (Lipinski definition) is 3. The molecule has 11 heteroatoms. The number of aryl methyl sites for hydroxylation is 1. The van der Waals surface area contributed by atoms with Gasteiger partial charge in [0.1, 0.15) is 18.0 Å². The van der Waals surface area contributed by atoms with Crippen LogP contribution < -0.4 is 15.0 Å². The molecule has 0 aromatic heterocycles. The smallest absolute Gasteiger partial charge is 0.335 e. The summed E-state index contributed by atoms with van der Waals surface area (Å²) in [7, 11) is 0. The molecule has 45 heavy (non-hydrogen) atoms. The number of anilines is 1. The van der Waals surface area contributed by atoms with Crippen LogP contribution in [0.2, 0.25) is 5.02 Å². The molecule has 9 nitrogen and oxygen atoms in total. The quantitative estimate of drug-likeness (QED) is 0.207. The van der Waals surface area contributed by atoms with Crippen molar-refractivity contribution in [2.45, 2.75) is 52.7 Å². The van der Waals surface area contributed by atoms with Crippen molar-refractivity contribution < 1.29 is 78.1 Å². The van der Waals surface area contributed by atoms with Crippen molar-refractivity contribution in [3.63, 3.8) is 0 Å². The summed E-state index contributed by atoms with van der Waals surface area (Å²) in [5.74, 6) is -1.35. The zero-order valence-corrected chi connectivity index (χ0v) is 31.5. The number of aromatic carboxylic acids is 1. The number of benzene rings is 3. The van der Waals surface area contributed by atoms with Crippen molar-refractivity contribution in [1.29, 1.82) is 0 Å². The van der Waals surface area contributed by atoms with Crippen LogP contribution in [0.4, 0.5) is 5.69 Å². The van der Waals surface area contributed by atoms with Crippen LogP contribution in [0.15, 0.2) is 60.7 Å². The van der Waals surface area contributed by atoms with E-state index in [9.17, 15) is 19.5 Å². The molecule has 4 rings (SSSR count). The minimum Gasteiger partial charge on any atom is -0.494 e. The summed E-state index contributed by atoms with van der Waals surface area (Å²) in [6, 6.07) is 17.4. The van der Waals surface area contributed by atoms with Crippen LogP contribution in [0.3, 0.4) is 0 Å². The number of aliphatic hydroxyl groups is 1. The number of aliphatic hydroxyl groups excluding tert-OH is 1. The minimum absolute atomic E-state index is 0. The van der Waals surface area contributed by atoms with E-state index in [1.54, 1.807) is 35.2 Å². The number of carboxylic acids is 1. The second-order valence-corrected chi connectivity index (χ2v) is 12.3. The molecule has 0 bridgehead atoms. The second-order valence-electron chi connectivity index (χ2n) is 11.8. The predicted octanol–water partition coefficient (Wildman–Crippen LogP) is 5.47. The maximum Gasteiger partial charge on any atom is 0.335 e. The van der Waals surface area contributed by atoms with Gasteiger partial charge in [-0.1, -0.05) is 49.7 Å². The van der Waals surface area contributed by atoms with Gasteiger partial charge in [0, 0.05) is 85.4 Å². The van der Waals surface area contributed by atoms with Crippen LogP contribution in [0.25, 0.3) is 0 Å². The molecule has 1 aliphatic heterocycles. The molecule has 1 aliphatic rings. The Balaban J connectivity index is 0.00000552. The van der Waals surface area contributed by atoms with Crippen molar-refractivity contribution in [2.24, 2.45) is 5.41 Å². The maximum atomic E-state index is 14.1. The van der Waals surface area contributed by atoms with E-state index in [1.165, 1.54) is 12.1 Å². The number of halogens is 1. The summed E-state index contributed by atoms with van der Waals surface area (Å²) in [5.41, 5.74) is 3.79. The monoisotopic (exact) mass is 849 g/mol. The molecular formula is C34H39AcClN2O7. The van der Waals surface area contributed by atoms with Gasteiger partial charge in [-0.25, -0.2) is 4.79 Å². The molecule has 2 amide bonds. The van der Waals surface area contributed by atoms with Crippen molar-refractivity contribution in [3.05, 3.63) is 93.5 Å². The van der Waals surface area contributed by atoms with E-state index >= 15 is 0 Å². The Bertz CT molecular complexity index is 1530. The van der Waals surface area contributed by atoms with Gasteiger partial charge in [0.05, 0.1) is 18.6 Å². The minimum atomic E-state index is -1.10. The summed E-state index contributed by atoms with van der Waals surface area (Å²) in [6.45, 7) is 8.35. The molecule has 0 unspecified atom stereocenters. The van der Waals surface area contributed by atoms with Crippen LogP contribution in [0, 0.1) is 63.3 Å². The van der Waals surface area contributed by atoms with E-state index in [4.69, 9.17) is 26.2 Å². The number of carboxylic acid groups (broad SMARTS) is 1. The number of carbonyl (C=O) groups is 3. The Labute approximate surface area is 304 Å². The molecule has 3 N–H and O–H groups in total. The molecule has 237 valence electrons. The van der Waals surface area contributed by atoms with Gasteiger partial charge in [0.25, 0.3) is 5.91 Å². The molecule has 2 atom stereocenters. The normalized spacial score (nSPS) is 16.3. The summed E-state index contributed by atoms with van der Waals surface area (Å²) in [4.78, 5) is 40.0. The largest absolute Gasteiger partial charge is 0.494 e. The zero-order valence-electron chi connectivity index (χ0n) is 26.0. The number of nitrogens with one attached hydrogen (secondary N) is 1. The number of amides is 2. The standard InChI is InChI=1S/C34H39ClN2O7.Ac/c1-21-8-5-11-26(22(21)2)31-27-17-24(35)12-13-28(27)37(19-34(3,4)20-38)32(40)29(44-31)18-30(39)36-14-7-15-43-25-10-6-9-23(16-25)33(41)42;/h5-6,8-13,16-17,29,31,38H,7,14-15,18-20H2,1-4H3,(H,36,39)(H,41,42);/t29-,31-;/m1./s1. The maximum absolute atomic E-state index is 14.1. The van der Waals surface area contributed by atoms with E-state index in [2.05, 4.69) is 5.32 Å². The van der Waals surface area contributed by atoms with E-state index in [0.29, 0.717) is 28.4 Å². The first-order valence-corrected chi connectivity index (χ1v) is 14.9. The Kier molecular flexibility index (Phi) is 13.5. The fourth-order valence-corrected chi connectivity index (χ4v) is 5.27. The van der Waals surface area contributed by atoms with E-state index in [-0.39, 0.29) is 94.2 Å². The number of ether oxygens (including phenoxy) is 2. The fourth-order valence-electron chi connectivity index (χ4n) is 5.09. The Morgan fingerprint density at radius 3 is 2.51 bits per heavy atom. The molecule has 1 radical (unpaired) electrons. The van der Waals surface area contributed by atoms with Gasteiger partial charge in [-0.2, -0.15) is 0 Å². The third kappa shape index (κ3) is 9.52. The van der Waals surface area contributed by atoms with Crippen LogP contribution in [-0.2, 0) is 14.3 Å².